The monoisotopic (exact) mass is 733 g/mol. The molecule has 3 fully saturated rings. The SMILES string of the molecule is CC[C@H]1OC(=O)[C@H](C)[C@@H](O[C@H]2C[C@@](C)(OC)[C@@](C)(O)[C@H](C)O2)[C@H](C)[C@@H](O[C@@H]2O[C@H](C)C[C@H](NC)[C@H]2C)[C@](C)(O)C[C@@H](C)CN[C@H](C)[C@@H](O)[C@]1(C)O. The Morgan fingerprint density at radius 3 is 2.14 bits per heavy atom. The van der Waals surface area contributed by atoms with Gasteiger partial charge in [0.1, 0.15) is 29.0 Å². The minimum atomic E-state index is -1.78. The number of hydrogen-bond acceptors (Lipinski definition) is 13. The highest BCUT2D eigenvalue weighted by molar-refractivity contribution is 5.73. The molecule has 3 saturated heterocycles. The van der Waals surface area contributed by atoms with Crippen molar-refractivity contribution in [1.29, 1.82) is 0 Å². The molecule has 13 heteroatoms. The molecule has 0 aromatic rings. The van der Waals surface area contributed by atoms with Gasteiger partial charge in [-0.3, -0.25) is 4.79 Å². The van der Waals surface area contributed by atoms with Crippen molar-refractivity contribution < 1.29 is 53.6 Å². The van der Waals surface area contributed by atoms with E-state index >= 15 is 0 Å². The summed E-state index contributed by atoms with van der Waals surface area (Å²) in [6, 6.07) is -0.437. The van der Waals surface area contributed by atoms with E-state index in [1.807, 2.05) is 27.8 Å². The number of ether oxygens (including phenoxy) is 6. The molecule has 0 radical (unpaired) electrons. The van der Waals surface area contributed by atoms with Gasteiger partial charge in [0.2, 0.25) is 0 Å². The molecule has 0 spiro atoms. The quantitative estimate of drug-likeness (QED) is 0.211. The maximum atomic E-state index is 14.2. The molecule has 3 aliphatic rings. The van der Waals surface area contributed by atoms with Gasteiger partial charge in [0.05, 0.1) is 35.9 Å². The van der Waals surface area contributed by atoms with Crippen molar-refractivity contribution >= 4 is 5.97 Å². The standard InChI is InChI=1S/C38H72N2O11/c1-15-28-37(11,44)31(41)25(7)40-19-20(2)17-35(9,43)32(51-34-22(4)27(39-13)16-21(3)47-34)23(5)30(24(6)33(42)49-28)50-29-18-36(10,46-14)38(12,45)26(8)48-29/h20-32,34,39-41,43-45H,15-19H2,1-14H3/t20-,21-,22-,23+,24-,25-,26+,27+,28-,29+,30+,31-,32-,34+,35-,36-,37-,38+/m1/s1. The molecule has 13 nitrogen and oxygen atoms in total. The molecular formula is C38H72N2O11. The summed E-state index contributed by atoms with van der Waals surface area (Å²) in [5.74, 6) is -2.40. The van der Waals surface area contributed by atoms with Crippen molar-refractivity contribution in [3.8, 4) is 0 Å². The number of carbonyl (C=O) groups excluding carboxylic acids is 1. The van der Waals surface area contributed by atoms with Crippen molar-refractivity contribution in [2.24, 2.45) is 23.7 Å². The first-order chi connectivity index (χ1) is 23.5. The van der Waals surface area contributed by atoms with E-state index in [9.17, 15) is 25.2 Å². The van der Waals surface area contributed by atoms with Crippen LogP contribution in [-0.4, -0.2) is 131 Å². The Kier molecular flexibility index (Phi) is 15.0. The Balaban J connectivity index is 2.15. The molecule has 0 amide bonds. The van der Waals surface area contributed by atoms with E-state index in [4.69, 9.17) is 28.4 Å². The number of aliphatic hydroxyl groups is 4. The van der Waals surface area contributed by atoms with E-state index in [-0.39, 0.29) is 36.8 Å². The van der Waals surface area contributed by atoms with Crippen molar-refractivity contribution in [3.05, 3.63) is 0 Å². The number of methoxy groups -OCH3 is 1. The first-order valence-corrected chi connectivity index (χ1v) is 19.1. The van der Waals surface area contributed by atoms with Crippen LogP contribution in [0.3, 0.4) is 0 Å². The zero-order chi connectivity index (χ0) is 38.9. The number of rotatable bonds is 7. The van der Waals surface area contributed by atoms with Crippen LogP contribution in [0.2, 0.25) is 0 Å². The molecule has 0 unspecified atom stereocenters. The van der Waals surface area contributed by atoms with Gasteiger partial charge in [0, 0.05) is 37.5 Å². The largest absolute Gasteiger partial charge is 0.459 e. The lowest BCUT2D eigenvalue weighted by atomic mass is 9.76. The van der Waals surface area contributed by atoms with Gasteiger partial charge in [0.15, 0.2) is 12.6 Å². The summed E-state index contributed by atoms with van der Waals surface area (Å²) in [7, 11) is 3.45. The molecule has 0 bridgehead atoms. The Morgan fingerprint density at radius 2 is 1.57 bits per heavy atom. The van der Waals surface area contributed by atoms with Gasteiger partial charge in [-0.05, 0) is 94.2 Å². The fraction of sp³-hybridized carbons (Fsp3) is 0.974. The van der Waals surface area contributed by atoms with Gasteiger partial charge >= 0.3 is 5.97 Å². The fourth-order valence-electron chi connectivity index (χ4n) is 8.55. The van der Waals surface area contributed by atoms with E-state index in [1.54, 1.807) is 48.5 Å². The fourth-order valence-corrected chi connectivity index (χ4v) is 8.55. The third-order valence-electron chi connectivity index (χ3n) is 12.6. The minimum Gasteiger partial charge on any atom is -0.459 e. The van der Waals surface area contributed by atoms with Crippen LogP contribution in [-0.2, 0) is 33.2 Å². The summed E-state index contributed by atoms with van der Waals surface area (Å²) in [4.78, 5) is 14.2. The Hall–Kier alpha value is -0.970. The maximum Gasteiger partial charge on any atom is 0.311 e. The molecule has 0 aromatic heterocycles. The first kappa shape index (κ1) is 44.4. The van der Waals surface area contributed by atoms with Crippen LogP contribution in [0.25, 0.3) is 0 Å². The second-order valence-electron chi connectivity index (χ2n) is 17.0. The second kappa shape index (κ2) is 17.2. The number of aliphatic hydroxyl groups excluding tert-OH is 1. The predicted molar refractivity (Wildman–Crippen MR) is 193 cm³/mol. The smallest absolute Gasteiger partial charge is 0.311 e. The van der Waals surface area contributed by atoms with E-state index < -0.39 is 89.4 Å². The van der Waals surface area contributed by atoms with Crippen LogP contribution >= 0.6 is 0 Å². The maximum absolute atomic E-state index is 14.2. The Morgan fingerprint density at radius 1 is 0.941 bits per heavy atom. The molecule has 3 rings (SSSR count). The van der Waals surface area contributed by atoms with Crippen LogP contribution in [0.1, 0.15) is 109 Å². The Labute approximate surface area is 306 Å². The summed E-state index contributed by atoms with van der Waals surface area (Å²) in [6.07, 6.45) is -5.01. The highest BCUT2D eigenvalue weighted by Crippen LogP contribution is 2.43. The summed E-state index contributed by atoms with van der Waals surface area (Å²) < 4.78 is 38.2. The molecule has 0 aromatic carbocycles. The minimum absolute atomic E-state index is 0.0614. The van der Waals surface area contributed by atoms with Gasteiger partial charge < -0.3 is 59.5 Å². The zero-order valence-electron chi connectivity index (χ0n) is 33.8. The van der Waals surface area contributed by atoms with Crippen LogP contribution in [0.4, 0.5) is 0 Å². The second-order valence-corrected chi connectivity index (χ2v) is 17.0. The van der Waals surface area contributed by atoms with Gasteiger partial charge in [-0.15, -0.1) is 0 Å². The number of esters is 1. The van der Waals surface area contributed by atoms with Crippen molar-refractivity contribution in [2.45, 2.75) is 192 Å². The third-order valence-corrected chi connectivity index (χ3v) is 12.6. The highest BCUT2D eigenvalue weighted by atomic mass is 16.7. The Bertz CT molecular complexity index is 1120. The summed E-state index contributed by atoms with van der Waals surface area (Å²) in [5.41, 5.74) is -5.61. The van der Waals surface area contributed by atoms with Gasteiger partial charge in [0.25, 0.3) is 0 Å². The molecule has 6 N–H and O–H groups in total. The van der Waals surface area contributed by atoms with E-state index in [1.165, 1.54) is 14.0 Å². The third kappa shape index (κ3) is 9.65. The van der Waals surface area contributed by atoms with E-state index in [0.717, 1.165) is 6.42 Å². The normalized spacial score (nSPS) is 51.3. The molecule has 18 atom stereocenters. The number of carbonyl (C=O) groups is 1. The van der Waals surface area contributed by atoms with Crippen LogP contribution in [0.15, 0.2) is 0 Å². The number of cyclic esters (lactones) is 1. The lowest BCUT2D eigenvalue weighted by Gasteiger charge is -2.52. The van der Waals surface area contributed by atoms with Crippen LogP contribution in [0, 0.1) is 23.7 Å². The predicted octanol–water partition coefficient (Wildman–Crippen LogP) is 2.88. The van der Waals surface area contributed by atoms with Gasteiger partial charge in [-0.25, -0.2) is 0 Å². The van der Waals surface area contributed by atoms with Crippen molar-refractivity contribution in [1.82, 2.24) is 10.6 Å². The lowest BCUT2D eigenvalue weighted by molar-refractivity contribution is -0.332. The van der Waals surface area contributed by atoms with Gasteiger partial charge in [-0.2, -0.15) is 0 Å². The average molecular weight is 733 g/mol. The van der Waals surface area contributed by atoms with Crippen molar-refractivity contribution in [3.63, 3.8) is 0 Å². The van der Waals surface area contributed by atoms with Crippen molar-refractivity contribution in [2.75, 3.05) is 20.7 Å². The van der Waals surface area contributed by atoms with Gasteiger partial charge in [-0.1, -0.05) is 27.7 Å². The highest BCUT2D eigenvalue weighted by Gasteiger charge is 2.56. The molecule has 300 valence electrons. The first-order valence-electron chi connectivity index (χ1n) is 19.1. The van der Waals surface area contributed by atoms with Crippen LogP contribution in [0.5, 0.6) is 0 Å². The molecule has 3 heterocycles. The summed E-state index contributed by atoms with van der Waals surface area (Å²) >= 11 is 0. The van der Waals surface area contributed by atoms with E-state index in [0.29, 0.717) is 13.0 Å². The number of hydrogen-bond donors (Lipinski definition) is 6. The molecule has 3 aliphatic heterocycles. The summed E-state index contributed by atoms with van der Waals surface area (Å²) in [6.45, 7) is 22.1. The van der Waals surface area contributed by atoms with Crippen LogP contribution < -0.4 is 10.6 Å². The average Bonchev–Trinajstić information content (AvgIpc) is 3.05. The molecular weight excluding hydrogens is 660 g/mol. The molecule has 0 aliphatic carbocycles. The molecule has 0 saturated carbocycles. The van der Waals surface area contributed by atoms with E-state index in [2.05, 4.69) is 17.6 Å². The zero-order valence-corrected chi connectivity index (χ0v) is 33.8. The number of nitrogens with one attached hydrogen (secondary N) is 2. The topological polar surface area (TPSA) is 177 Å². The molecule has 51 heavy (non-hydrogen) atoms. The lowest BCUT2D eigenvalue weighted by Crippen LogP contribution is -2.65. The summed E-state index contributed by atoms with van der Waals surface area (Å²) in [5, 5.41) is 53.5.